The lowest BCUT2D eigenvalue weighted by Crippen LogP contribution is -2.08. The van der Waals surface area contributed by atoms with Crippen molar-refractivity contribution in [3.63, 3.8) is 0 Å². The quantitative estimate of drug-likeness (QED) is 0.822. The van der Waals surface area contributed by atoms with Crippen LogP contribution in [-0.4, -0.2) is 20.2 Å². The van der Waals surface area contributed by atoms with Crippen LogP contribution in [0.4, 0.5) is 10.1 Å². The van der Waals surface area contributed by atoms with Gasteiger partial charge >= 0.3 is 0 Å². The number of nitrogens with zero attached hydrogens (tertiary/aromatic N) is 4. The number of hydrogen-bond donors (Lipinski definition) is 1. The Bertz CT molecular complexity index is 520. The molecule has 0 aliphatic carbocycles. The van der Waals surface area contributed by atoms with Gasteiger partial charge in [-0.1, -0.05) is 13.8 Å². The molecule has 0 atom stereocenters. The molecule has 0 aliphatic heterocycles. The predicted molar refractivity (Wildman–Crippen MR) is 62.5 cm³/mol. The van der Waals surface area contributed by atoms with E-state index in [2.05, 4.69) is 15.5 Å². The first-order valence-corrected chi connectivity index (χ1v) is 5.39. The first-order chi connectivity index (χ1) is 8.08. The maximum atomic E-state index is 13.7. The van der Waals surface area contributed by atoms with Gasteiger partial charge in [0.1, 0.15) is 5.82 Å². The molecule has 1 aromatic carbocycles. The van der Waals surface area contributed by atoms with Crippen LogP contribution in [0.5, 0.6) is 0 Å². The number of halogens is 1. The molecule has 17 heavy (non-hydrogen) atoms. The van der Waals surface area contributed by atoms with E-state index in [4.69, 9.17) is 5.73 Å². The topological polar surface area (TPSA) is 69.6 Å². The van der Waals surface area contributed by atoms with Crippen LogP contribution in [0.25, 0.3) is 11.4 Å². The molecule has 0 saturated carbocycles. The van der Waals surface area contributed by atoms with E-state index >= 15 is 0 Å². The summed E-state index contributed by atoms with van der Waals surface area (Å²) in [5, 5.41) is 11.3. The lowest BCUT2D eigenvalue weighted by Gasteiger charge is -2.07. The Labute approximate surface area is 98.4 Å². The predicted octanol–water partition coefficient (Wildman–Crippen LogP) is 1.72. The Morgan fingerprint density at radius 3 is 2.82 bits per heavy atom. The Kier molecular flexibility index (Phi) is 3.03. The van der Waals surface area contributed by atoms with Crippen LogP contribution in [-0.2, 0) is 6.54 Å². The van der Waals surface area contributed by atoms with Crippen LogP contribution < -0.4 is 5.73 Å². The molecule has 0 fully saturated rings. The van der Waals surface area contributed by atoms with E-state index in [1.807, 2.05) is 13.8 Å². The number of nitrogens with two attached hydrogens (primary N) is 1. The minimum absolute atomic E-state index is 0.366. The van der Waals surface area contributed by atoms with Gasteiger partial charge in [0, 0.05) is 12.2 Å². The largest absolute Gasteiger partial charge is 0.399 e. The fourth-order valence-corrected chi connectivity index (χ4v) is 1.58. The molecule has 0 radical (unpaired) electrons. The highest BCUT2D eigenvalue weighted by Gasteiger charge is 2.14. The van der Waals surface area contributed by atoms with Crippen molar-refractivity contribution in [2.45, 2.75) is 20.4 Å². The highest BCUT2D eigenvalue weighted by Crippen LogP contribution is 2.22. The average molecular weight is 235 g/mol. The normalized spacial score (nSPS) is 11.1. The van der Waals surface area contributed by atoms with Crippen molar-refractivity contribution in [1.29, 1.82) is 0 Å². The van der Waals surface area contributed by atoms with E-state index in [0.717, 1.165) is 0 Å². The zero-order valence-electron chi connectivity index (χ0n) is 9.76. The SMILES string of the molecule is CC(C)Cn1nnnc1-c1ccc(N)cc1F. The Morgan fingerprint density at radius 1 is 1.41 bits per heavy atom. The molecular formula is C11H14FN5. The van der Waals surface area contributed by atoms with Crippen molar-refractivity contribution in [1.82, 2.24) is 20.2 Å². The first kappa shape index (κ1) is 11.5. The molecule has 2 N–H and O–H groups in total. The van der Waals surface area contributed by atoms with E-state index in [1.54, 1.807) is 16.8 Å². The van der Waals surface area contributed by atoms with Gasteiger partial charge in [-0.05, 0) is 34.5 Å². The van der Waals surface area contributed by atoms with Crippen molar-refractivity contribution in [2.24, 2.45) is 5.92 Å². The van der Waals surface area contributed by atoms with Gasteiger partial charge in [-0.25, -0.2) is 9.07 Å². The highest BCUT2D eigenvalue weighted by atomic mass is 19.1. The molecule has 0 bridgehead atoms. The molecule has 0 aliphatic rings. The summed E-state index contributed by atoms with van der Waals surface area (Å²) >= 11 is 0. The number of nitrogen functional groups attached to an aromatic ring is 1. The molecule has 2 rings (SSSR count). The molecule has 2 aromatic rings. The number of anilines is 1. The molecule has 0 amide bonds. The van der Waals surface area contributed by atoms with E-state index in [-0.39, 0.29) is 0 Å². The van der Waals surface area contributed by atoms with Gasteiger partial charge in [-0.3, -0.25) is 0 Å². The third kappa shape index (κ3) is 2.41. The minimum Gasteiger partial charge on any atom is -0.399 e. The van der Waals surface area contributed by atoms with Crippen molar-refractivity contribution in [3.05, 3.63) is 24.0 Å². The van der Waals surface area contributed by atoms with E-state index in [9.17, 15) is 4.39 Å². The van der Waals surface area contributed by atoms with Gasteiger partial charge in [0.05, 0.1) is 5.56 Å². The van der Waals surface area contributed by atoms with Crippen molar-refractivity contribution >= 4 is 5.69 Å². The molecule has 5 nitrogen and oxygen atoms in total. The molecular weight excluding hydrogens is 221 g/mol. The number of aromatic nitrogens is 4. The first-order valence-electron chi connectivity index (χ1n) is 5.39. The summed E-state index contributed by atoms with van der Waals surface area (Å²) in [5.41, 5.74) is 6.25. The van der Waals surface area contributed by atoms with E-state index in [0.29, 0.717) is 29.5 Å². The van der Waals surface area contributed by atoms with Crippen molar-refractivity contribution in [3.8, 4) is 11.4 Å². The smallest absolute Gasteiger partial charge is 0.184 e. The van der Waals surface area contributed by atoms with Gasteiger partial charge in [0.25, 0.3) is 0 Å². The highest BCUT2D eigenvalue weighted by molar-refractivity contribution is 5.59. The van der Waals surface area contributed by atoms with Crippen LogP contribution in [0.2, 0.25) is 0 Å². The molecule has 1 aromatic heterocycles. The molecule has 0 unspecified atom stereocenters. The standard InChI is InChI=1S/C11H14FN5/c1-7(2)6-17-11(14-15-16-17)9-4-3-8(13)5-10(9)12/h3-5,7H,6,13H2,1-2H3. The zero-order chi connectivity index (χ0) is 12.4. The second kappa shape index (κ2) is 4.48. The summed E-state index contributed by atoms with van der Waals surface area (Å²) < 4.78 is 15.3. The van der Waals surface area contributed by atoms with Crippen molar-refractivity contribution in [2.75, 3.05) is 5.73 Å². The monoisotopic (exact) mass is 235 g/mol. The Morgan fingerprint density at radius 2 is 2.18 bits per heavy atom. The number of benzene rings is 1. The number of rotatable bonds is 3. The van der Waals surface area contributed by atoms with E-state index < -0.39 is 5.82 Å². The fraction of sp³-hybridized carbons (Fsp3) is 0.364. The molecule has 6 heteroatoms. The molecule has 1 heterocycles. The average Bonchev–Trinajstić information content (AvgIpc) is 2.65. The summed E-state index contributed by atoms with van der Waals surface area (Å²) in [6, 6.07) is 4.49. The minimum atomic E-state index is -0.412. The second-order valence-corrected chi connectivity index (χ2v) is 4.32. The lowest BCUT2D eigenvalue weighted by molar-refractivity contribution is 0.474. The number of tetrazole rings is 1. The third-order valence-corrected chi connectivity index (χ3v) is 2.30. The molecule has 0 spiro atoms. The van der Waals surface area contributed by atoms with Crippen LogP contribution in [0.1, 0.15) is 13.8 Å². The lowest BCUT2D eigenvalue weighted by atomic mass is 10.1. The Hall–Kier alpha value is -1.98. The van der Waals surface area contributed by atoms with Gasteiger partial charge in [-0.15, -0.1) is 5.10 Å². The summed E-state index contributed by atoms with van der Waals surface area (Å²) in [6.07, 6.45) is 0. The zero-order valence-corrected chi connectivity index (χ0v) is 9.76. The number of hydrogen-bond acceptors (Lipinski definition) is 4. The van der Waals surface area contributed by atoms with Crippen molar-refractivity contribution < 1.29 is 4.39 Å². The van der Waals surface area contributed by atoms with Crippen LogP contribution in [0.15, 0.2) is 18.2 Å². The second-order valence-electron chi connectivity index (χ2n) is 4.32. The maximum Gasteiger partial charge on any atom is 0.184 e. The summed E-state index contributed by atoms with van der Waals surface area (Å²) in [4.78, 5) is 0. The van der Waals surface area contributed by atoms with Crippen LogP contribution in [0, 0.1) is 11.7 Å². The van der Waals surface area contributed by atoms with Gasteiger partial charge in [0.15, 0.2) is 5.82 Å². The Balaban J connectivity index is 2.42. The third-order valence-electron chi connectivity index (χ3n) is 2.30. The van der Waals surface area contributed by atoms with Gasteiger partial charge < -0.3 is 5.73 Å². The summed E-state index contributed by atoms with van der Waals surface area (Å²) in [6.45, 7) is 4.74. The van der Waals surface area contributed by atoms with E-state index in [1.165, 1.54) is 6.07 Å². The molecule has 90 valence electrons. The molecule has 0 saturated heterocycles. The van der Waals surface area contributed by atoms with Gasteiger partial charge in [-0.2, -0.15) is 0 Å². The van der Waals surface area contributed by atoms with Gasteiger partial charge in [0.2, 0.25) is 0 Å². The van der Waals surface area contributed by atoms with Crippen LogP contribution >= 0.6 is 0 Å². The summed E-state index contributed by atoms with van der Waals surface area (Å²) in [7, 11) is 0. The summed E-state index contributed by atoms with van der Waals surface area (Å²) in [5.74, 6) is 0.398. The van der Waals surface area contributed by atoms with Crippen LogP contribution in [0.3, 0.4) is 0 Å². The fourth-order valence-electron chi connectivity index (χ4n) is 1.58. The maximum absolute atomic E-state index is 13.7.